The summed E-state index contributed by atoms with van der Waals surface area (Å²) in [5.41, 5.74) is 2.47. The van der Waals surface area contributed by atoms with E-state index in [1.54, 1.807) is 0 Å². The minimum absolute atomic E-state index is 0.0643. The summed E-state index contributed by atoms with van der Waals surface area (Å²) < 4.78 is 0. The molecule has 0 heterocycles. The minimum atomic E-state index is -0.0643. The topological polar surface area (TPSA) is 3.24 Å². The smallest absolute Gasteiger partial charge is 0.320 e. The molecule has 0 aliphatic heterocycles. The molecule has 1 nitrogen and oxygen atoms in total. The first-order chi connectivity index (χ1) is 8.41. The van der Waals surface area contributed by atoms with Crippen LogP contribution < -0.4 is 0 Å². The molecule has 0 spiro atoms. The second-order valence-electron chi connectivity index (χ2n) is 5.28. The number of hydrogen-bond donors (Lipinski definition) is 0. The van der Waals surface area contributed by atoms with Crippen molar-refractivity contribution in [3.63, 3.8) is 0 Å². The van der Waals surface area contributed by atoms with E-state index in [0.29, 0.717) is 12.1 Å². The van der Waals surface area contributed by atoms with E-state index in [1.165, 1.54) is 11.1 Å². The van der Waals surface area contributed by atoms with Crippen molar-refractivity contribution in [2.75, 3.05) is 0 Å². The van der Waals surface area contributed by atoms with Gasteiger partial charge in [0.15, 0.2) is 0 Å². The van der Waals surface area contributed by atoms with Crippen molar-refractivity contribution in [1.82, 2.24) is 4.81 Å². The normalized spacial score (nSPS) is 12.1. The third kappa shape index (κ3) is 4.51. The fourth-order valence-electron chi connectivity index (χ4n) is 2.23. The van der Waals surface area contributed by atoms with Crippen LogP contribution in [0, 0.1) is 6.92 Å². The van der Waals surface area contributed by atoms with E-state index < -0.39 is 0 Å². The highest BCUT2D eigenvalue weighted by molar-refractivity contribution is 7.08. The maximum atomic E-state index is 6.47. The van der Waals surface area contributed by atoms with Gasteiger partial charge in [-0.15, -0.1) is 0 Å². The van der Waals surface area contributed by atoms with Crippen LogP contribution in [-0.2, 0) is 0 Å². The van der Waals surface area contributed by atoms with Gasteiger partial charge in [0, 0.05) is 0 Å². The lowest BCUT2D eigenvalue weighted by molar-refractivity contribution is 0.312. The molecule has 1 aromatic rings. The molecule has 0 N–H and O–H groups in total. The third-order valence-corrected chi connectivity index (χ3v) is 3.34. The minimum Gasteiger partial charge on any atom is -0.320 e. The summed E-state index contributed by atoms with van der Waals surface area (Å²) >= 11 is 6.47. The zero-order valence-corrected chi connectivity index (χ0v) is 12.8. The highest BCUT2D eigenvalue weighted by Gasteiger charge is 2.23. The van der Waals surface area contributed by atoms with Crippen molar-refractivity contribution in [3.05, 3.63) is 41.4 Å². The van der Waals surface area contributed by atoms with Crippen LogP contribution in [-0.4, -0.2) is 23.2 Å². The molecule has 1 rings (SSSR count). The van der Waals surface area contributed by atoms with Gasteiger partial charge in [-0.3, -0.25) is 0 Å². The predicted octanol–water partition coefficient (Wildman–Crippen LogP) is 4.39. The first kappa shape index (κ1) is 15.3. The Morgan fingerprint density at radius 3 is 2.28 bits per heavy atom. The lowest BCUT2D eigenvalue weighted by atomic mass is 9.84. The Hall–Kier alpha value is -0.725. The molecule has 0 saturated carbocycles. The number of rotatable bonds is 5. The fourth-order valence-corrected chi connectivity index (χ4v) is 2.75. The fraction of sp³-hybridized carbons (Fsp3) is 0.467. The molecule has 0 bridgehead atoms. The summed E-state index contributed by atoms with van der Waals surface area (Å²) in [6, 6.07) is 9.31. The Labute approximate surface area is 117 Å². The van der Waals surface area contributed by atoms with Gasteiger partial charge >= 0.3 is 6.26 Å². The Bertz CT molecular complexity index is 393. The SMILES string of the molecule is Cc1cccc(/C=C/B(Cl)N(C(C)C)C(C)C)c1. The molecule has 0 amide bonds. The van der Waals surface area contributed by atoms with Crippen molar-refractivity contribution in [1.29, 1.82) is 0 Å². The number of aryl methyl sites for hydroxylation is 1. The molecule has 0 fully saturated rings. The molecule has 0 atom stereocenters. The first-order valence-electron chi connectivity index (χ1n) is 6.58. The summed E-state index contributed by atoms with van der Waals surface area (Å²) in [4.78, 5) is 2.29. The van der Waals surface area contributed by atoms with Crippen LogP contribution in [0.25, 0.3) is 6.08 Å². The second-order valence-corrected chi connectivity index (χ2v) is 5.73. The highest BCUT2D eigenvalue weighted by Crippen LogP contribution is 2.14. The zero-order valence-electron chi connectivity index (χ0n) is 12.0. The van der Waals surface area contributed by atoms with Gasteiger partial charge in [-0.25, -0.2) is 0 Å². The first-order valence-corrected chi connectivity index (χ1v) is 7.02. The Kier molecular flexibility index (Phi) is 5.97. The van der Waals surface area contributed by atoms with Gasteiger partial charge in [-0.05, 0) is 24.6 Å². The largest absolute Gasteiger partial charge is 0.357 e. The van der Waals surface area contributed by atoms with Gasteiger partial charge in [0.25, 0.3) is 0 Å². The molecule has 0 radical (unpaired) electrons. The molecule has 0 aliphatic rings. The van der Waals surface area contributed by atoms with Crippen LogP contribution in [0.5, 0.6) is 0 Å². The molecule has 98 valence electrons. The zero-order chi connectivity index (χ0) is 13.7. The van der Waals surface area contributed by atoms with Gasteiger partial charge in [-0.2, -0.15) is 11.5 Å². The van der Waals surface area contributed by atoms with Crippen LogP contribution in [0.4, 0.5) is 0 Å². The van der Waals surface area contributed by atoms with Crippen LogP contribution in [0.15, 0.2) is 30.2 Å². The number of nitrogens with zero attached hydrogens (tertiary/aromatic N) is 1. The predicted molar refractivity (Wildman–Crippen MR) is 83.9 cm³/mol. The highest BCUT2D eigenvalue weighted by atomic mass is 35.5. The summed E-state index contributed by atoms with van der Waals surface area (Å²) in [6.45, 7) is 10.8. The van der Waals surface area contributed by atoms with Crippen LogP contribution in [0.3, 0.4) is 0 Å². The molecular formula is C15H23BClN. The molecule has 0 aliphatic carbocycles. The average molecular weight is 264 g/mol. The average Bonchev–Trinajstić information content (AvgIpc) is 2.25. The quantitative estimate of drug-likeness (QED) is 0.712. The van der Waals surface area contributed by atoms with E-state index in [1.807, 2.05) is 0 Å². The standard InChI is InChI=1S/C15H23BClN/c1-12(2)18(13(3)4)16(17)10-9-15-8-6-7-14(5)11-15/h6-13H,1-5H3/b10-9+. The Balaban J connectivity index is 2.76. The summed E-state index contributed by atoms with van der Waals surface area (Å²) in [7, 11) is 0. The molecule has 0 saturated heterocycles. The number of hydrogen-bond acceptors (Lipinski definition) is 1. The molecule has 3 heteroatoms. The maximum Gasteiger partial charge on any atom is 0.357 e. The van der Waals surface area contributed by atoms with Crippen molar-refractivity contribution in [3.8, 4) is 0 Å². The van der Waals surface area contributed by atoms with E-state index in [2.05, 4.69) is 75.7 Å². The van der Waals surface area contributed by atoms with E-state index in [0.717, 1.165) is 0 Å². The van der Waals surface area contributed by atoms with Gasteiger partial charge in [0.2, 0.25) is 0 Å². The van der Waals surface area contributed by atoms with Gasteiger partial charge in [0.1, 0.15) is 0 Å². The Morgan fingerprint density at radius 2 is 1.78 bits per heavy atom. The van der Waals surface area contributed by atoms with E-state index in [4.69, 9.17) is 11.5 Å². The lowest BCUT2D eigenvalue weighted by Crippen LogP contribution is -2.44. The summed E-state index contributed by atoms with van der Waals surface area (Å²) in [5.74, 6) is 2.07. The van der Waals surface area contributed by atoms with Gasteiger partial charge in [-0.1, -0.05) is 69.6 Å². The Morgan fingerprint density at radius 1 is 1.17 bits per heavy atom. The molecular weight excluding hydrogens is 240 g/mol. The van der Waals surface area contributed by atoms with Crippen LogP contribution in [0.1, 0.15) is 38.8 Å². The lowest BCUT2D eigenvalue weighted by Gasteiger charge is -2.31. The third-order valence-electron chi connectivity index (χ3n) is 2.97. The molecule has 0 aromatic heterocycles. The summed E-state index contributed by atoms with van der Waals surface area (Å²) in [6.07, 6.45) is 2.04. The molecule has 0 unspecified atom stereocenters. The van der Waals surface area contributed by atoms with Crippen LogP contribution in [0.2, 0.25) is 0 Å². The van der Waals surface area contributed by atoms with Crippen molar-refractivity contribution in [2.24, 2.45) is 0 Å². The van der Waals surface area contributed by atoms with E-state index >= 15 is 0 Å². The van der Waals surface area contributed by atoms with Crippen LogP contribution >= 0.6 is 11.5 Å². The van der Waals surface area contributed by atoms with Crippen molar-refractivity contribution < 1.29 is 0 Å². The van der Waals surface area contributed by atoms with Crippen molar-refractivity contribution in [2.45, 2.75) is 46.7 Å². The van der Waals surface area contributed by atoms with Crippen molar-refractivity contribution >= 4 is 23.8 Å². The van der Waals surface area contributed by atoms with E-state index in [-0.39, 0.29) is 6.26 Å². The van der Waals surface area contributed by atoms with E-state index in [9.17, 15) is 0 Å². The van der Waals surface area contributed by atoms with Gasteiger partial charge in [0.05, 0.1) is 0 Å². The second kappa shape index (κ2) is 7.01. The molecule has 1 aromatic carbocycles. The monoisotopic (exact) mass is 263 g/mol. The van der Waals surface area contributed by atoms with Gasteiger partial charge < -0.3 is 4.81 Å². The number of benzene rings is 1. The maximum absolute atomic E-state index is 6.47. The number of halogens is 1. The summed E-state index contributed by atoms with van der Waals surface area (Å²) in [5, 5.41) is 0. The molecule has 18 heavy (non-hydrogen) atoms.